The minimum atomic E-state index is -3.04. The molecule has 0 aromatic heterocycles. The number of ether oxygens (including phenoxy) is 1. The summed E-state index contributed by atoms with van der Waals surface area (Å²) in [5.41, 5.74) is 0. The highest BCUT2D eigenvalue weighted by Gasteiger charge is 2.30. The smallest absolute Gasteiger partial charge is 0.211 e. The maximum Gasteiger partial charge on any atom is 0.211 e. The van der Waals surface area contributed by atoms with E-state index in [1.54, 1.807) is 4.31 Å². The topological polar surface area (TPSA) is 49.9 Å². The minimum Gasteiger partial charge on any atom is -0.379 e. The van der Waals surface area contributed by atoms with Gasteiger partial charge in [-0.15, -0.1) is 0 Å². The number of hydrogen-bond acceptors (Lipinski definition) is 4. The van der Waals surface area contributed by atoms with Crippen LogP contribution in [0.2, 0.25) is 0 Å². The highest BCUT2D eigenvalue weighted by Crippen LogP contribution is 2.25. The fourth-order valence-electron chi connectivity index (χ4n) is 3.88. The summed E-state index contributed by atoms with van der Waals surface area (Å²) in [6.45, 7) is 8.59. The van der Waals surface area contributed by atoms with Crippen LogP contribution in [0.25, 0.3) is 0 Å². The number of likely N-dealkylation sites (tertiary alicyclic amines) is 1. The molecule has 2 heterocycles. The molecule has 0 amide bonds. The zero-order valence-corrected chi connectivity index (χ0v) is 15.9. The van der Waals surface area contributed by atoms with Gasteiger partial charge in [-0.2, -0.15) is 0 Å². The Kier molecular flexibility index (Phi) is 7.32. The van der Waals surface area contributed by atoms with Crippen LogP contribution in [0.1, 0.15) is 52.4 Å². The second-order valence-electron chi connectivity index (χ2n) is 7.48. The lowest BCUT2D eigenvalue weighted by Gasteiger charge is -2.40. The first kappa shape index (κ1) is 19.2. The molecule has 0 saturated carbocycles. The van der Waals surface area contributed by atoms with Crippen molar-refractivity contribution in [2.45, 2.75) is 64.5 Å². The van der Waals surface area contributed by atoms with Crippen LogP contribution >= 0.6 is 0 Å². The van der Waals surface area contributed by atoms with Crippen molar-refractivity contribution in [2.75, 3.05) is 39.0 Å². The summed E-state index contributed by atoms with van der Waals surface area (Å²) in [5, 5.41) is 0. The fourth-order valence-corrected chi connectivity index (χ4v) is 4.82. The van der Waals surface area contributed by atoms with Crippen molar-refractivity contribution in [3.8, 4) is 0 Å². The summed E-state index contributed by atoms with van der Waals surface area (Å²) in [6.07, 6.45) is 8.71. The molecule has 0 bridgehead atoms. The van der Waals surface area contributed by atoms with Crippen LogP contribution in [-0.4, -0.2) is 68.8 Å². The zero-order chi connectivity index (χ0) is 16.9. The van der Waals surface area contributed by atoms with Crippen molar-refractivity contribution in [1.29, 1.82) is 0 Å². The summed E-state index contributed by atoms with van der Waals surface area (Å²) in [7, 11) is -3.04. The van der Waals surface area contributed by atoms with Crippen LogP contribution < -0.4 is 0 Å². The van der Waals surface area contributed by atoms with E-state index in [0.717, 1.165) is 39.0 Å². The van der Waals surface area contributed by atoms with Gasteiger partial charge in [-0.25, -0.2) is 12.7 Å². The lowest BCUT2D eigenvalue weighted by Crippen LogP contribution is -2.47. The molecule has 23 heavy (non-hydrogen) atoms. The van der Waals surface area contributed by atoms with Crippen molar-refractivity contribution in [1.82, 2.24) is 9.21 Å². The highest BCUT2D eigenvalue weighted by molar-refractivity contribution is 7.88. The number of sulfonamides is 1. The molecule has 0 aromatic rings. The van der Waals surface area contributed by atoms with Gasteiger partial charge in [-0.3, -0.25) is 4.90 Å². The SMILES string of the molecule is CC(C)OCCC1CCCCN1CC1CCCN(S(C)(=O)=O)C1. The van der Waals surface area contributed by atoms with Gasteiger partial charge in [-0.1, -0.05) is 6.42 Å². The van der Waals surface area contributed by atoms with E-state index in [9.17, 15) is 8.42 Å². The van der Waals surface area contributed by atoms with Gasteiger partial charge in [0.25, 0.3) is 0 Å². The molecule has 6 heteroatoms. The van der Waals surface area contributed by atoms with Crippen LogP contribution in [0.4, 0.5) is 0 Å². The average Bonchev–Trinajstić information content (AvgIpc) is 2.48. The predicted octanol–water partition coefficient (Wildman–Crippen LogP) is 2.33. The Morgan fingerprint density at radius 1 is 1.13 bits per heavy atom. The highest BCUT2D eigenvalue weighted by atomic mass is 32.2. The Hall–Kier alpha value is -0.170. The summed E-state index contributed by atoms with van der Waals surface area (Å²) in [5.74, 6) is 0.477. The first-order chi connectivity index (χ1) is 10.9. The van der Waals surface area contributed by atoms with Gasteiger partial charge in [0, 0.05) is 32.3 Å². The number of rotatable bonds is 7. The van der Waals surface area contributed by atoms with Gasteiger partial charge in [0.05, 0.1) is 12.4 Å². The maximum atomic E-state index is 11.8. The van der Waals surface area contributed by atoms with Crippen molar-refractivity contribution >= 4 is 10.0 Å². The van der Waals surface area contributed by atoms with Crippen LogP contribution in [-0.2, 0) is 14.8 Å². The Morgan fingerprint density at radius 2 is 1.91 bits per heavy atom. The Morgan fingerprint density at radius 3 is 2.61 bits per heavy atom. The number of nitrogens with zero attached hydrogens (tertiary/aromatic N) is 2. The largest absolute Gasteiger partial charge is 0.379 e. The van der Waals surface area contributed by atoms with E-state index in [2.05, 4.69) is 18.7 Å². The molecule has 2 unspecified atom stereocenters. The van der Waals surface area contributed by atoms with Crippen molar-refractivity contribution in [2.24, 2.45) is 5.92 Å². The second kappa shape index (κ2) is 8.79. The first-order valence-corrected chi connectivity index (χ1v) is 11.0. The van der Waals surface area contributed by atoms with Gasteiger partial charge in [0.15, 0.2) is 0 Å². The molecule has 2 aliphatic rings. The molecule has 0 aliphatic carbocycles. The lowest BCUT2D eigenvalue weighted by atomic mass is 9.94. The maximum absolute atomic E-state index is 11.8. The molecule has 2 fully saturated rings. The van der Waals surface area contributed by atoms with E-state index in [4.69, 9.17) is 4.74 Å². The fraction of sp³-hybridized carbons (Fsp3) is 1.00. The average molecular weight is 347 g/mol. The van der Waals surface area contributed by atoms with Crippen LogP contribution in [0.3, 0.4) is 0 Å². The van der Waals surface area contributed by atoms with E-state index in [1.807, 2.05) is 0 Å². The van der Waals surface area contributed by atoms with E-state index < -0.39 is 10.0 Å². The first-order valence-electron chi connectivity index (χ1n) is 9.17. The Balaban J connectivity index is 1.85. The predicted molar refractivity (Wildman–Crippen MR) is 94.1 cm³/mol. The quantitative estimate of drug-likeness (QED) is 0.710. The number of piperidine rings is 2. The Bertz CT molecular complexity index is 453. The van der Waals surface area contributed by atoms with E-state index in [1.165, 1.54) is 25.5 Å². The van der Waals surface area contributed by atoms with E-state index >= 15 is 0 Å². The molecular weight excluding hydrogens is 312 g/mol. The third-order valence-corrected chi connectivity index (χ3v) is 6.36. The van der Waals surface area contributed by atoms with E-state index in [-0.39, 0.29) is 0 Å². The third-order valence-electron chi connectivity index (χ3n) is 5.09. The molecule has 2 atom stereocenters. The molecule has 0 aromatic carbocycles. The van der Waals surface area contributed by atoms with Gasteiger partial charge in [0.2, 0.25) is 10.0 Å². The van der Waals surface area contributed by atoms with Crippen molar-refractivity contribution in [3.05, 3.63) is 0 Å². The monoisotopic (exact) mass is 346 g/mol. The summed E-state index contributed by atoms with van der Waals surface area (Å²) in [6, 6.07) is 0.608. The molecule has 2 saturated heterocycles. The number of hydrogen-bond donors (Lipinski definition) is 0. The zero-order valence-electron chi connectivity index (χ0n) is 15.0. The van der Waals surface area contributed by atoms with Crippen LogP contribution in [0, 0.1) is 5.92 Å². The molecule has 136 valence electrons. The third kappa shape index (κ3) is 6.33. The van der Waals surface area contributed by atoms with Crippen molar-refractivity contribution in [3.63, 3.8) is 0 Å². The van der Waals surface area contributed by atoms with Gasteiger partial charge in [-0.05, 0) is 58.4 Å². The molecule has 2 aliphatic heterocycles. The second-order valence-corrected chi connectivity index (χ2v) is 9.46. The standard InChI is InChI=1S/C17H34N2O3S/c1-15(2)22-12-9-17-8-4-5-10-18(17)13-16-7-6-11-19(14-16)23(3,20)21/h15-17H,4-14H2,1-3H3. The summed E-state index contributed by atoms with van der Waals surface area (Å²) >= 11 is 0. The van der Waals surface area contributed by atoms with Crippen LogP contribution in [0.5, 0.6) is 0 Å². The summed E-state index contributed by atoms with van der Waals surface area (Å²) in [4.78, 5) is 2.60. The normalized spacial score (nSPS) is 28.3. The summed E-state index contributed by atoms with van der Waals surface area (Å²) < 4.78 is 31.0. The molecule has 0 radical (unpaired) electrons. The minimum absolute atomic E-state index is 0.300. The van der Waals surface area contributed by atoms with Crippen molar-refractivity contribution < 1.29 is 13.2 Å². The molecule has 5 nitrogen and oxygen atoms in total. The molecule has 2 rings (SSSR count). The molecule has 0 N–H and O–H groups in total. The molecular formula is C17H34N2O3S. The molecule has 0 spiro atoms. The van der Waals surface area contributed by atoms with E-state index in [0.29, 0.717) is 31.2 Å². The van der Waals surface area contributed by atoms with Gasteiger partial charge < -0.3 is 4.74 Å². The Labute approximate surface area is 142 Å². The van der Waals surface area contributed by atoms with Gasteiger partial charge >= 0.3 is 0 Å². The van der Waals surface area contributed by atoms with Gasteiger partial charge in [0.1, 0.15) is 0 Å². The lowest BCUT2D eigenvalue weighted by molar-refractivity contribution is 0.0403. The van der Waals surface area contributed by atoms with Crippen LogP contribution in [0.15, 0.2) is 0 Å².